The van der Waals surface area contributed by atoms with E-state index < -0.39 is 0 Å². The lowest BCUT2D eigenvalue weighted by Crippen LogP contribution is -2.01. The Bertz CT molecular complexity index is 690. The molecule has 0 saturated heterocycles. The maximum Gasteiger partial charge on any atom is 0.176 e. The summed E-state index contributed by atoms with van der Waals surface area (Å²) in [4.78, 5) is 4.44. The van der Waals surface area contributed by atoms with Gasteiger partial charge in [-0.3, -0.25) is 4.99 Å². The lowest BCUT2D eigenvalue weighted by molar-refractivity contribution is 0.298. The number of hydrogen-bond acceptors (Lipinski definition) is 3. The van der Waals surface area contributed by atoms with Gasteiger partial charge >= 0.3 is 0 Å². The van der Waals surface area contributed by atoms with Crippen molar-refractivity contribution in [2.24, 2.45) is 4.99 Å². The molecule has 0 aliphatic heterocycles. The Hall–Kier alpha value is -2.25. The highest BCUT2D eigenvalue weighted by Crippen LogP contribution is 2.36. The van der Waals surface area contributed by atoms with Crippen LogP contribution in [0.1, 0.15) is 12.5 Å². The Morgan fingerprint density at radius 3 is 2.68 bits per heavy atom. The number of rotatable bonds is 6. The summed E-state index contributed by atoms with van der Waals surface area (Å²) in [7, 11) is 0. The molecule has 0 fully saturated rings. The first kappa shape index (κ1) is 16.1. The van der Waals surface area contributed by atoms with Crippen molar-refractivity contribution in [2.75, 3.05) is 13.2 Å². The summed E-state index contributed by atoms with van der Waals surface area (Å²) < 4.78 is 11.9. The van der Waals surface area contributed by atoms with Crippen molar-refractivity contribution >= 4 is 27.8 Å². The summed E-state index contributed by atoms with van der Waals surface area (Å²) in [6, 6.07) is 13.5. The number of aliphatic imine (C=N–C) groups is 1. The SMILES string of the molecule is C#CCOc1c(Br)cc(C=Nc2ccccc2)cc1OCC. The molecule has 0 aliphatic rings. The van der Waals surface area contributed by atoms with Gasteiger partial charge in [0.05, 0.1) is 16.8 Å². The molecule has 4 heteroatoms. The van der Waals surface area contributed by atoms with Crippen LogP contribution in [-0.4, -0.2) is 19.4 Å². The van der Waals surface area contributed by atoms with Gasteiger partial charge < -0.3 is 9.47 Å². The third-order valence-corrected chi connectivity index (χ3v) is 3.34. The van der Waals surface area contributed by atoms with E-state index in [0.29, 0.717) is 18.1 Å². The number of halogens is 1. The number of benzene rings is 2. The van der Waals surface area contributed by atoms with Crippen molar-refractivity contribution < 1.29 is 9.47 Å². The number of ether oxygens (including phenoxy) is 2. The molecule has 0 bridgehead atoms. The van der Waals surface area contributed by atoms with Crippen LogP contribution in [0.15, 0.2) is 51.9 Å². The van der Waals surface area contributed by atoms with Gasteiger partial charge in [-0.1, -0.05) is 24.1 Å². The number of para-hydroxylation sites is 1. The van der Waals surface area contributed by atoms with Crippen molar-refractivity contribution in [3.05, 3.63) is 52.5 Å². The first-order chi connectivity index (χ1) is 10.7. The molecule has 0 spiro atoms. The monoisotopic (exact) mass is 357 g/mol. The van der Waals surface area contributed by atoms with Crippen LogP contribution in [-0.2, 0) is 0 Å². The Kier molecular flexibility index (Phi) is 6.05. The van der Waals surface area contributed by atoms with E-state index in [9.17, 15) is 0 Å². The molecule has 0 N–H and O–H groups in total. The summed E-state index contributed by atoms with van der Waals surface area (Å²) >= 11 is 3.49. The predicted octanol–water partition coefficient (Wildman–Crippen LogP) is 4.61. The second kappa shape index (κ2) is 8.26. The van der Waals surface area contributed by atoms with Crippen LogP contribution in [0.2, 0.25) is 0 Å². The molecule has 112 valence electrons. The first-order valence-corrected chi connectivity index (χ1v) is 7.65. The van der Waals surface area contributed by atoms with Crippen molar-refractivity contribution in [3.63, 3.8) is 0 Å². The molecule has 0 radical (unpaired) electrons. The summed E-state index contributed by atoms with van der Waals surface area (Å²) in [5, 5.41) is 0. The number of hydrogen-bond donors (Lipinski definition) is 0. The average Bonchev–Trinajstić information content (AvgIpc) is 2.53. The third kappa shape index (κ3) is 4.37. The Balaban J connectivity index is 2.29. The molecule has 0 saturated carbocycles. The van der Waals surface area contributed by atoms with E-state index in [2.05, 4.69) is 26.8 Å². The summed E-state index contributed by atoms with van der Waals surface area (Å²) in [5.41, 5.74) is 1.80. The fraction of sp³-hybridized carbons (Fsp3) is 0.167. The van der Waals surface area contributed by atoms with Crippen LogP contribution in [0.5, 0.6) is 11.5 Å². The van der Waals surface area contributed by atoms with E-state index in [1.807, 2.05) is 49.4 Å². The summed E-state index contributed by atoms with van der Waals surface area (Å²) in [6.07, 6.45) is 7.03. The highest BCUT2D eigenvalue weighted by atomic mass is 79.9. The minimum Gasteiger partial charge on any atom is -0.490 e. The molecule has 0 atom stereocenters. The molecule has 0 heterocycles. The smallest absolute Gasteiger partial charge is 0.176 e. The van der Waals surface area contributed by atoms with Crippen LogP contribution < -0.4 is 9.47 Å². The molecule has 0 unspecified atom stereocenters. The molecular weight excluding hydrogens is 342 g/mol. The summed E-state index contributed by atoms with van der Waals surface area (Å²) in [6.45, 7) is 2.65. The molecule has 0 aliphatic carbocycles. The van der Waals surface area contributed by atoms with Gasteiger partial charge in [0.2, 0.25) is 0 Å². The predicted molar refractivity (Wildman–Crippen MR) is 93.3 cm³/mol. The minimum atomic E-state index is 0.191. The Morgan fingerprint density at radius 2 is 2.00 bits per heavy atom. The standard InChI is InChI=1S/C18H16BrNO2/c1-3-10-22-18-16(19)11-14(12-17(18)21-4-2)13-20-15-8-6-5-7-9-15/h1,5-9,11-13H,4,10H2,2H3. The summed E-state index contributed by atoms with van der Waals surface area (Å²) in [5.74, 6) is 3.70. The molecule has 2 aromatic rings. The van der Waals surface area contributed by atoms with Gasteiger partial charge in [-0.05, 0) is 52.7 Å². The zero-order valence-electron chi connectivity index (χ0n) is 12.3. The Morgan fingerprint density at radius 1 is 1.23 bits per heavy atom. The molecule has 2 aromatic carbocycles. The van der Waals surface area contributed by atoms with Gasteiger partial charge in [0, 0.05) is 6.21 Å². The van der Waals surface area contributed by atoms with Crippen LogP contribution >= 0.6 is 15.9 Å². The van der Waals surface area contributed by atoms with E-state index >= 15 is 0 Å². The first-order valence-electron chi connectivity index (χ1n) is 6.86. The quantitative estimate of drug-likeness (QED) is 0.558. The molecule has 3 nitrogen and oxygen atoms in total. The van der Waals surface area contributed by atoms with E-state index in [4.69, 9.17) is 15.9 Å². The molecule has 0 amide bonds. The van der Waals surface area contributed by atoms with Gasteiger partial charge in [0.25, 0.3) is 0 Å². The van der Waals surface area contributed by atoms with E-state index in [1.165, 1.54) is 0 Å². The van der Waals surface area contributed by atoms with Crippen molar-refractivity contribution in [2.45, 2.75) is 6.92 Å². The van der Waals surface area contributed by atoms with Gasteiger partial charge in [-0.2, -0.15) is 0 Å². The Labute approximate surface area is 139 Å². The topological polar surface area (TPSA) is 30.8 Å². The van der Waals surface area contributed by atoms with Crippen LogP contribution in [0.4, 0.5) is 5.69 Å². The van der Waals surface area contributed by atoms with Gasteiger partial charge in [0.15, 0.2) is 11.5 Å². The van der Waals surface area contributed by atoms with Crippen LogP contribution in [0.25, 0.3) is 0 Å². The number of terminal acetylenes is 1. The van der Waals surface area contributed by atoms with Crippen molar-refractivity contribution in [1.82, 2.24) is 0 Å². The zero-order valence-corrected chi connectivity index (χ0v) is 13.8. The van der Waals surface area contributed by atoms with Crippen LogP contribution in [0, 0.1) is 12.3 Å². The lowest BCUT2D eigenvalue weighted by atomic mass is 10.2. The van der Waals surface area contributed by atoms with E-state index in [-0.39, 0.29) is 6.61 Å². The molecular formula is C18H16BrNO2. The normalized spacial score (nSPS) is 10.4. The largest absolute Gasteiger partial charge is 0.490 e. The maximum atomic E-state index is 5.62. The molecule has 0 aromatic heterocycles. The highest BCUT2D eigenvalue weighted by molar-refractivity contribution is 9.10. The maximum absolute atomic E-state index is 5.62. The van der Waals surface area contributed by atoms with Gasteiger partial charge in [0.1, 0.15) is 6.61 Å². The fourth-order valence-corrected chi connectivity index (χ4v) is 2.42. The fourth-order valence-electron chi connectivity index (χ4n) is 1.84. The zero-order chi connectivity index (χ0) is 15.8. The van der Waals surface area contributed by atoms with Crippen molar-refractivity contribution in [3.8, 4) is 23.8 Å². The molecule has 22 heavy (non-hydrogen) atoms. The van der Waals surface area contributed by atoms with E-state index in [0.717, 1.165) is 15.7 Å². The average molecular weight is 358 g/mol. The second-order valence-corrected chi connectivity index (χ2v) is 5.20. The van der Waals surface area contributed by atoms with Gasteiger partial charge in [-0.25, -0.2) is 0 Å². The second-order valence-electron chi connectivity index (χ2n) is 4.35. The highest BCUT2D eigenvalue weighted by Gasteiger charge is 2.11. The van der Waals surface area contributed by atoms with Crippen LogP contribution in [0.3, 0.4) is 0 Å². The van der Waals surface area contributed by atoms with Crippen molar-refractivity contribution in [1.29, 1.82) is 0 Å². The van der Waals surface area contributed by atoms with Gasteiger partial charge in [-0.15, -0.1) is 6.42 Å². The lowest BCUT2D eigenvalue weighted by Gasteiger charge is -2.13. The third-order valence-electron chi connectivity index (χ3n) is 2.75. The number of nitrogens with zero attached hydrogens (tertiary/aromatic N) is 1. The van der Waals surface area contributed by atoms with E-state index in [1.54, 1.807) is 6.21 Å². The molecule has 2 rings (SSSR count). The minimum absolute atomic E-state index is 0.191.